The number of para-hydroxylation sites is 1. The van der Waals surface area contributed by atoms with Crippen molar-refractivity contribution in [1.82, 2.24) is 14.6 Å². The van der Waals surface area contributed by atoms with E-state index < -0.39 is 0 Å². The number of benzene rings is 2. The molecule has 31 heavy (non-hydrogen) atoms. The number of nitrogens with one attached hydrogen (secondary N) is 2. The number of hydrogen-bond acceptors (Lipinski definition) is 4. The van der Waals surface area contributed by atoms with Crippen molar-refractivity contribution >= 4 is 22.9 Å². The Morgan fingerprint density at radius 2 is 1.87 bits per heavy atom. The first kappa shape index (κ1) is 22.3. The van der Waals surface area contributed by atoms with Crippen LogP contribution in [0.15, 0.2) is 59.6 Å². The largest absolute Gasteiger partial charge is 0.494 e. The van der Waals surface area contributed by atoms with Crippen LogP contribution in [0.3, 0.4) is 0 Å². The molecule has 0 aliphatic carbocycles. The van der Waals surface area contributed by atoms with Crippen molar-refractivity contribution in [3.8, 4) is 5.75 Å². The summed E-state index contributed by atoms with van der Waals surface area (Å²) in [5, 5.41) is 1.34. The molecule has 4 rings (SSSR count). The number of ether oxygens (including phenoxy) is 1. The number of piperidine rings is 1. The van der Waals surface area contributed by atoms with E-state index in [4.69, 9.17) is 4.74 Å². The Kier molecular flexibility index (Phi) is 8.33. The Morgan fingerprint density at radius 3 is 2.71 bits per heavy atom. The van der Waals surface area contributed by atoms with Crippen molar-refractivity contribution in [1.29, 1.82) is 0 Å². The van der Waals surface area contributed by atoms with E-state index in [1.54, 1.807) is 11.9 Å². The predicted octanol–water partition coefficient (Wildman–Crippen LogP) is 5.90. The molecule has 1 fully saturated rings. The molecule has 166 valence electrons. The van der Waals surface area contributed by atoms with Gasteiger partial charge in [0.05, 0.1) is 6.61 Å². The fourth-order valence-corrected chi connectivity index (χ4v) is 5.03. The highest BCUT2D eigenvalue weighted by Crippen LogP contribution is 2.23. The highest BCUT2D eigenvalue weighted by atomic mass is 32.2. The highest BCUT2D eigenvalue weighted by molar-refractivity contribution is 7.97. The van der Waals surface area contributed by atoms with Crippen molar-refractivity contribution in [2.45, 2.75) is 43.4 Å². The van der Waals surface area contributed by atoms with Crippen molar-refractivity contribution in [3.63, 3.8) is 0 Å². The SMILES string of the molecule is CN1CCC(CCCOc2ccc(SNCCCc3c[nH]c4ccccc34)cc2)CC1. The van der Waals surface area contributed by atoms with Crippen LogP contribution in [-0.4, -0.2) is 43.2 Å². The molecule has 0 atom stereocenters. The van der Waals surface area contributed by atoms with Gasteiger partial charge >= 0.3 is 0 Å². The third-order valence-electron chi connectivity index (χ3n) is 6.28. The van der Waals surface area contributed by atoms with Gasteiger partial charge in [0.2, 0.25) is 0 Å². The second kappa shape index (κ2) is 11.6. The maximum absolute atomic E-state index is 5.95. The molecule has 0 unspecified atom stereocenters. The standard InChI is InChI=1S/C26H35N3OS/c1-29-17-14-21(15-18-29)6-5-19-30-23-10-12-24(13-11-23)31-28-16-4-7-22-20-27-26-9-3-2-8-25(22)26/h2-3,8-13,20-21,27-28H,4-7,14-19H2,1H3. The van der Waals surface area contributed by atoms with E-state index in [1.807, 2.05) is 0 Å². The van der Waals surface area contributed by atoms with Crippen LogP contribution in [0.25, 0.3) is 10.9 Å². The van der Waals surface area contributed by atoms with Crippen LogP contribution in [0.2, 0.25) is 0 Å². The number of hydrogen-bond donors (Lipinski definition) is 2. The number of aryl methyl sites for hydroxylation is 1. The average molecular weight is 438 g/mol. The molecule has 2 aromatic carbocycles. The Bertz CT molecular complexity index is 916. The Balaban J connectivity index is 1.08. The summed E-state index contributed by atoms with van der Waals surface area (Å²) in [6.07, 6.45) is 9.49. The summed E-state index contributed by atoms with van der Waals surface area (Å²) >= 11 is 1.70. The van der Waals surface area contributed by atoms with E-state index in [0.29, 0.717) is 0 Å². The van der Waals surface area contributed by atoms with Crippen LogP contribution in [0.1, 0.15) is 37.7 Å². The minimum absolute atomic E-state index is 0.824. The second-order valence-corrected chi connectivity index (χ2v) is 9.63. The summed E-state index contributed by atoms with van der Waals surface area (Å²) in [6, 6.07) is 17.0. The topological polar surface area (TPSA) is 40.3 Å². The van der Waals surface area contributed by atoms with Gasteiger partial charge in [0.25, 0.3) is 0 Å². The smallest absolute Gasteiger partial charge is 0.119 e. The molecule has 4 nitrogen and oxygen atoms in total. The van der Waals surface area contributed by atoms with Gasteiger partial charge in [0.1, 0.15) is 5.75 Å². The first-order valence-corrected chi connectivity index (χ1v) is 12.5. The van der Waals surface area contributed by atoms with E-state index in [1.165, 1.54) is 53.7 Å². The molecule has 0 radical (unpaired) electrons. The van der Waals surface area contributed by atoms with Gasteiger partial charge < -0.3 is 14.6 Å². The minimum Gasteiger partial charge on any atom is -0.494 e. The molecule has 0 spiro atoms. The molecule has 1 aliphatic heterocycles. The molecule has 2 heterocycles. The van der Waals surface area contributed by atoms with E-state index in [0.717, 1.165) is 44.1 Å². The number of likely N-dealkylation sites (tertiary alicyclic amines) is 1. The van der Waals surface area contributed by atoms with E-state index >= 15 is 0 Å². The third-order valence-corrected chi connectivity index (χ3v) is 7.13. The quantitative estimate of drug-likeness (QED) is 0.289. The summed E-state index contributed by atoms with van der Waals surface area (Å²) in [5.74, 6) is 1.87. The molecule has 1 saturated heterocycles. The van der Waals surface area contributed by atoms with Crippen molar-refractivity contribution in [2.75, 3.05) is 33.3 Å². The number of fused-ring (bicyclic) bond motifs is 1. The molecular formula is C26H35N3OS. The van der Waals surface area contributed by atoms with Gasteiger partial charge in [-0.3, -0.25) is 4.72 Å². The average Bonchev–Trinajstić information content (AvgIpc) is 3.22. The van der Waals surface area contributed by atoms with Crippen molar-refractivity contribution < 1.29 is 4.74 Å². The van der Waals surface area contributed by atoms with Gasteiger partial charge in [-0.05, 0) is 112 Å². The molecule has 2 N–H and O–H groups in total. The minimum atomic E-state index is 0.824. The van der Waals surface area contributed by atoms with Gasteiger partial charge in [0.15, 0.2) is 0 Å². The zero-order chi connectivity index (χ0) is 21.3. The monoisotopic (exact) mass is 437 g/mol. The number of rotatable bonds is 11. The molecule has 0 amide bonds. The Hall–Kier alpha value is -1.95. The number of nitrogens with zero attached hydrogens (tertiary/aromatic N) is 1. The molecule has 1 aliphatic rings. The van der Waals surface area contributed by atoms with Crippen LogP contribution in [0.4, 0.5) is 0 Å². The van der Waals surface area contributed by atoms with Crippen molar-refractivity contribution in [2.24, 2.45) is 5.92 Å². The summed E-state index contributed by atoms with van der Waals surface area (Å²) in [4.78, 5) is 7.02. The van der Waals surface area contributed by atoms with Crippen molar-refractivity contribution in [3.05, 3.63) is 60.3 Å². The predicted molar refractivity (Wildman–Crippen MR) is 132 cm³/mol. The molecule has 1 aromatic heterocycles. The Morgan fingerprint density at radius 1 is 1.06 bits per heavy atom. The summed E-state index contributed by atoms with van der Waals surface area (Å²) in [5.41, 5.74) is 2.63. The lowest BCUT2D eigenvalue weighted by molar-refractivity contribution is 0.200. The van der Waals surface area contributed by atoms with Gasteiger partial charge in [0, 0.05) is 28.5 Å². The summed E-state index contributed by atoms with van der Waals surface area (Å²) in [7, 11) is 2.22. The zero-order valence-electron chi connectivity index (χ0n) is 18.6. The maximum atomic E-state index is 5.95. The molecule has 0 saturated carbocycles. The highest BCUT2D eigenvalue weighted by Gasteiger charge is 2.15. The van der Waals surface area contributed by atoms with E-state index in [9.17, 15) is 0 Å². The first-order chi connectivity index (χ1) is 15.3. The van der Waals surface area contributed by atoms with Gasteiger partial charge in [-0.25, -0.2) is 0 Å². The molecule has 0 bridgehead atoms. The normalized spacial score (nSPS) is 15.5. The molecule has 5 heteroatoms. The lowest BCUT2D eigenvalue weighted by atomic mass is 9.93. The van der Waals surface area contributed by atoms with Crippen LogP contribution in [-0.2, 0) is 6.42 Å². The summed E-state index contributed by atoms with van der Waals surface area (Å²) in [6.45, 7) is 4.31. The van der Waals surface area contributed by atoms with Crippen LogP contribution in [0.5, 0.6) is 5.75 Å². The second-order valence-electron chi connectivity index (χ2n) is 8.67. The van der Waals surface area contributed by atoms with E-state index in [2.05, 4.69) is 76.4 Å². The first-order valence-electron chi connectivity index (χ1n) is 11.6. The third kappa shape index (κ3) is 6.76. The number of H-pyrrole nitrogens is 1. The maximum Gasteiger partial charge on any atom is 0.119 e. The van der Waals surface area contributed by atoms with Crippen LogP contribution >= 0.6 is 11.9 Å². The molecule has 3 aromatic rings. The summed E-state index contributed by atoms with van der Waals surface area (Å²) < 4.78 is 9.44. The van der Waals surface area contributed by atoms with Crippen LogP contribution < -0.4 is 9.46 Å². The zero-order valence-corrected chi connectivity index (χ0v) is 19.4. The molecular weight excluding hydrogens is 402 g/mol. The fourth-order valence-electron chi connectivity index (χ4n) is 4.34. The van der Waals surface area contributed by atoms with Gasteiger partial charge in [-0.2, -0.15) is 0 Å². The number of aromatic amines is 1. The van der Waals surface area contributed by atoms with Gasteiger partial charge in [-0.1, -0.05) is 18.2 Å². The lowest BCUT2D eigenvalue weighted by Gasteiger charge is -2.28. The van der Waals surface area contributed by atoms with E-state index in [-0.39, 0.29) is 0 Å². The fraction of sp³-hybridized carbons (Fsp3) is 0.462. The number of aromatic nitrogens is 1. The van der Waals surface area contributed by atoms with Crippen LogP contribution in [0, 0.1) is 5.92 Å². The Labute approximate surface area is 190 Å². The lowest BCUT2D eigenvalue weighted by Crippen LogP contribution is -2.30. The van der Waals surface area contributed by atoms with Gasteiger partial charge in [-0.15, -0.1) is 0 Å².